The monoisotopic (exact) mass is 306 g/mol. The Labute approximate surface area is 104 Å². The molecule has 1 amide bonds. The molecule has 0 bridgehead atoms. The zero-order valence-electron chi connectivity index (χ0n) is 8.48. The van der Waals surface area contributed by atoms with Crippen LogP contribution in [0.15, 0.2) is 16.6 Å². The summed E-state index contributed by atoms with van der Waals surface area (Å²) in [6.45, 7) is -0.142. The van der Waals surface area contributed by atoms with Crippen molar-refractivity contribution in [3.05, 3.63) is 32.5 Å². The number of nitro benzene ring substituents is 1. The molecule has 8 heteroatoms. The van der Waals surface area contributed by atoms with E-state index >= 15 is 0 Å². The summed E-state index contributed by atoms with van der Waals surface area (Å²) in [4.78, 5) is 20.4. The van der Waals surface area contributed by atoms with E-state index in [2.05, 4.69) is 15.9 Å². The fourth-order valence-electron chi connectivity index (χ4n) is 1.04. The van der Waals surface area contributed by atoms with Crippen LogP contribution >= 0.6 is 15.9 Å². The number of halogens is 2. The van der Waals surface area contributed by atoms with Crippen molar-refractivity contribution in [1.82, 2.24) is 0 Å². The molecule has 2 N–H and O–H groups in total. The quantitative estimate of drug-likeness (QED) is 0.662. The highest BCUT2D eigenvalue weighted by molar-refractivity contribution is 9.10. The number of carbonyl (C=O) groups is 1. The van der Waals surface area contributed by atoms with Crippen LogP contribution in [0.1, 0.15) is 6.42 Å². The average Bonchev–Trinajstić information content (AvgIpc) is 2.22. The number of benzene rings is 1. The average molecular weight is 307 g/mol. The van der Waals surface area contributed by atoms with Gasteiger partial charge in [-0.1, -0.05) is 0 Å². The molecule has 0 saturated heterocycles. The fraction of sp³-hybridized carbons (Fsp3) is 0.222. The zero-order valence-corrected chi connectivity index (χ0v) is 10.1. The lowest BCUT2D eigenvalue weighted by Crippen LogP contribution is -2.15. The van der Waals surface area contributed by atoms with Gasteiger partial charge in [0.2, 0.25) is 5.91 Å². The summed E-state index contributed by atoms with van der Waals surface area (Å²) in [7, 11) is 0. The lowest BCUT2D eigenvalue weighted by Gasteiger charge is -2.06. The maximum Gasteiger partial charge on any atom is 0.312 e. The van der Waals surface area contributed by atoms with Gasteiger partial charge in [0, 0.05) is 12.1 Å². The summed E-state index contributed by atoms with van der Waals surface area (Å²) in [6.07, 6.45) is -0.102. The molecule has 0 aromatic heterocycles. The molecule has 1 rings (SSSR count). The van der Waals surface area contributed by atoms with Gasteiger partial charge < -0.3 is 10.5 Å². The van der Waals surface area contributed by atoms with Gasteiger partial charge in [-0.05, 0) is 15.9 Å². The lowest BCUT2D eigenvalue weighted by molar-refractivity contribution is -0.386. The van der Waals surface area contributed by atoms with Gasteiger partial charge in [0.1, 0.15) is 5.82 Å². The van der Waals surface area contributed by atoms with Crippen molar-refractivity contribution in [2.75, 3.05) is 6.61 Å². The standard InChI is InChI=1S/C9H8BrFN2O4/c10-5-3-7(13(15)16)8(4-6(5)11)17-2-1-9(12)14/h3-4H,1-2H2,(H2,12,14). The van der Waals surface area contributed by atoms with E-state index in [9.17, 15) is 19.3 Å². The third-order valence-corrected chi connectivity index (χ3v) is 2.41. The first kappa shape index (κ1) is 13.4. The molecular formula is C9H8BrFN2O4. The Kier molecular flexibility index (Phi) is 4.38. The Bertz CT molecular complexity index is 467. The molecular weight excluding hydrogens is 299 g/mol. The van der Waals surface area contributed by atoms with Crippen LogP contribution in [0.5, 0.6) is 5.75 Å². The molecule has 1 aromatic carbocycles. The van der Waals surface area contributed by atoms with E-state index in [1.807, 2.05) is 0 Å². The number of primary amides is 1. The highest BCUT2D eigenvalue weighted by Crippen LogP contribution is 2.32. The van der Waals surface area contributed by atoms with Crippen LogP contribution in [0.4, 0.5) is 10.1 Å². The predicted octanol–water partition coefficient (Wildman–Crippen LogP) is 1.75. The van der Waals surface area contributed by atoms with E-state index in [0.29, 0.717) is 0 Å². The van der Waals surface area contributed by atoms with Crippen LogP contribution in [0.2, 0.25) is 0 Å². The maximum atomic E-state index is 13.2. The van der Waals surface area contributed by atoms with E-state index in [-0.39, 0.29) is 28.9 Å². The van der Waals surface area contributed by atoms with Gasteiger partial charge in [-0.15, -0.1) is 0 Å². The first-order valence-corrected chi connectivity index (χ1v) is 5.25. The second kappa shape index (κ2) is 5.58. The van der Waals surface area contributed by atoms with Crippen molar-refractivity contribution in [3.63, 3.8) is 0 Å². The minimum absolute atomic E-state index is 0.0357. The number of hydrogen-bond acceptors (Lipinski definition) is 4. The third kappa shape index (κ3) is 3.66. The largest absolute Gasteiger partial charge is 0.486 e. The SMILES string of the molecule is NC(=O)CCOc1cc(F)c(Br)cc1[N+](=O)[O-]. The number of ether oxygens (including phenoxy) is 1. The number of nitro groups is 1. The van der Waals surface area contributed by atoms with Gasteiger partial charge in [0.25, 0.3) is 0 Å². The zero-order chi connectivity index (χ0) is 13.0. The molecule has 0 fully saturated rings. The minimum Gasteiger partial charge on any atom is -0.486 e. The number of nitrogens with zero attached hydrogens (tertiary/aromatic N) is 1. The van der Waals surface area contributed by atoms with Crippen molar-refractivity contribution in [2.45, 2.75) is 6.42 Å². The van der Waals surface area contributed by atoms with Gasteiger partial charge in [0.05, 0.1) is 22.4 Å². The molecule has 0 saturated carbocycles. The van der Waals surface area contributed by atoms with Gasteiger partial charge in [-0.3, -0.25) is 14.9 Å². The molecule has 0 unspecified atom stereocenters. The van der Waals surface area contributed by atoms with Crippen LogP contribution < -0.4 is 10.5 Å². The van der Waals surface area contributed by atoms with Crippen molar-refractivity contribution in [3.8, 4) is 5.75 Å². The summed E-state index contributed by atoms with van der Waals surface area (Å²) in [5.74, 6) is -1.54. The Morgan fingerprint density at radius 3 is 2.76 bits per heavy atom. The second-order valence-electron chi connectivity index (χ2n) is 3.06. The van der Waals surface area contributed by atoms with Crippen LogP contribution in [-0.4, -0.2) is 17.4 Å². The molecule has 92 valence electrons. The van der Waals surface area contributed by atoms with Gasteiger partial charge in [-0.25, -0.2) is 4.39 Å². The van der Waals surface area contributed by atoms with E-state index in [0.717, 1.165) is 12.1 Å². The Balaban J connectivity index is 2.92. The minimum atomic E-state index is -0.705. The number of hydrogen-bond donors (Lipinski definition) is 1. The van der Waals surface area contributed by atoms with E-state index in [1.54, 1.807) is 0 Å². The summed E-state index contributed by atoms with van der Waals surface area (Å²) < 4.78 is 18.1. The van der Waals surface area contributed by atoms with Gasteiger partial charge >= 0.3 is 5.69 Å². The highest BCUT2D eigenvalue weighted by atomic mass is 79.9. The van der Waals surface area contributed by atoms with Crippen LogP contribution in [0, 0.1) is 15.9 Å². The first-order chi connectivity index (χ1) is 7.91. The maximum absolute atomic E-state index is 13.2. The smallest absolute Gasteiger partial charge is 0.312 e. The number of rotatable bonds is 5. The van der Waals surface area contributed by atoms with Crippen molar-refractivity contribution in [1.29, 1.82) is 0 Å². The molecule has 0 aliphatic rings. The topological polar surface area (TPSA) is 95.5 Å². The van der Waals surface area contributed by atoms with E-state index in [1.165, 1.54) is 0 Å². The molecule has 0 aliphatic carbocycles. The predicted molar refractivity (Wildman–Crippen MR) is 60.1 cm³/mol. The highest BCUT2D eigenvalue weighted by Gasteiger charge is 2.18. The number of amides is 1. The Morgan fingerprint density at radius 2 is 2.24 bits per heavy atom. The summed E-state index contributed by atoms with van der Waals surface area (Å²) >= 11 is 2.83. The van der Waals surface area contributed by atoms with Crippen molar-refractivity contribution < 1.29 is 18.8 Å². The number of nitrogens with two attached hydrogens (primary N) is 1. The second-order valence-corrected chi connectivity index (χ2v) is 3.91. The fourth-order valence-corrected chi connectivity index (χ4v) is 1.37. The summed E-state index contributed by atoms with van der Waals surface area (Å²) in [6, 6.07) is 1.87. The molecule has 17 heavy (non-hydrogen) atoms. The van der Waals surface area contributed by atoms with E-state index in [4.69, 9.17) is 10.5 Å². The van der Waals surface area contributed by atoms with Crippen LogP contribution in [-0.2, 0) is 4.79 Å². The Hall–Kier alpha value is -1.70. The summed E-state index contributed by atoms with van der Waals surface area (Å²) in [5.41, 5.74) is 4.49. The van der Waals surface area contributed by atoms with E-state index < -0.39 is 16.6 Å². The normalized spacial score (nSPS) is 10.0. The molecule has 0 spiro atoms. The third-order valence-electron chi connectivity index (χ3n) is 1.80. The number of carbonyl (C=O) groups excluding carboxylic acids is 1. The molecule has 1 aromatic rings. The molecule has 6 nitrogen and oxygen atoms in total. The van der Waals surface area contributed by atoms with Crippen molar-refractivity contribution in [2.24, 2.45) is 5.73 Å². The molecule has 0 radical (unpaired) electrons. The van der Waals surface area contributed by atoms with Crippen LogP contribution in [0.25, 0.3) is 0 Å². The van der Waals surface area contributed by atoms with Crippen molar-refractivity contribution >= 4 is 27.5 Å². The van der Waals surface area contributed by atoms with Gasteiger partial charge in [0.15, 0.2) is 5.75 Å². The molecule has 0 atom stereocenters. The summed E-state index contributed by atoms with van der Waals surface area (Å²) in [5, 5.41) is 10.7. The Morgan fingerprint density at radius 1 is 1.59 bits per heavy atom. The molecule has 0 heterocycles. The lowest BCUT2D eigenvalue weighted by atomic mass is 10.3. The first-order valence-electron chi connectivity index (χ1n) is 4.46. The van der Waals surface area contributed by atoms with Crippen LogP contribution in [0.3, 0.4) is 0 Å². The molecule has 0 aliphatic heterocycles. The van der Waals surface area contributed by atoms with Gasteiger partial charge in [-0.2, -0.15) is 0 Å².